The minimum atomic E-state index is 0.0101. The van der Waals surface area contributed by atoms with Gasteiger partial charge in [-0.15, -0.1) is 0 Å². The highest BCUT2D eigenvalue weighted by molar-refractivity contribution is 5.96. The maximum absolute atomic E-state index is 13.3. The van der Waals surface area contributed by atoms with Crippen LogP contribution >= 0.6 is 0 Å². The van der Waals surface area contributed by atoms with Crippen molar-refractivity contribution in [1.29, 1.82) is 0 Å². The zero-order valence-corrected chi connectivity index (χ0v) is 18.6. The van der Waals surface area contributed by atoms with Gasteiger partial charge in [-0.1, -0.05) is 25.1 Å². The average Bonchev–Trinajstić information content (AvgIpc) is 3.15. The van der Waals surface area contributed by atoms with Gasteiger partial charge in [-0.05, 0) is 56.9 Å². The van der Waals surface area contributed by atoms with Crippen LogP contribution in [-0.4, -0.2) is 39.0 Å². The Bertz CT molecular complexity index is 1060. The fourth-order valence-electron chi connectivity index (χ4n) is 4.09. The second-order valence-electron chi connectivity index (χ2n) is 8.50. The summed E-state index contributed by atoms with van der Waals surface area (Å²) >= 11 is 0. The van der Waals surface area contributed by atoms with E-state index < -0.39 is 0 Å². The number of likely N-dealkylation sites (tertiary alicyclic amines) is 1. The monoisotopic (exact) mass is 419 g/mol. The molecule has 7 heteroatoms. The predicted molar refractivity (Wildman–Crippen MR) is 120 cm³/mol. The molecule has 1 fully saturated rings. The molecule has 0 radical (unpaired) electrons. The van der Waals surface area contributed by atoms with Gasteiger partial charge in [0.2, 0.25) is 0 Å². The Hall–Kier alpha value is -3.22. The molecule has 1 aliphatic rings. The van der Waals surface area contributed by atoms with E-state index in [1.165, 1.54) is 0 Å². The third-order valence-electron chi connectivity index (χ3n) is 5.72. The van der Waals surface area contributed by atoms with Crippen molar-refractivity contribution in [3.05, 3.63) is 64.9 Å². The van der Waals surface area contributed by atoms with E-state index in [0.717, 1.165) is 48.0 Å². The van der Waals surface area contributed by atoms with Crippen molar-refractivity contribution in [3.8, 4) is 0 Å². The first kappa shape index (κ1) is 21.0. The Morgan fingerprint density at radius 3 is 2.77 bits per heavy atom. The number of nitrogens with zero attached hydrogens (tertiary/aromatic N) is 4. The molecule has 1 amide bonds. The Morgan fingerprint density at radius 2 is 2.06 bits per heavy atom. The maximum Gasteiger partial charge on any atom is 0.259 e. The number of anilines is 2. The number of rotatable bonds is 5. The van der Waals surface area contributed by atoms with Gasteiger partial charge in [0.1, 0.15) is 17.1 Å². The lowest BCUT2D eigenvalue weighted by Gasteiger charge is -2.32. The summed E-state index contributed by atoms with van der Waals surface area (Å²) in [5.74, 6) is 1.76. The number of aryl methyl sites for hydroxylation is 2. The number of nitrogens with one attached hydrogen (secondary N) is 1. The predicted octanol–water partition coefficient (Wildman–Crippen LogP) is 4.97. The molecule has 0 aromatic carbocycles. The molecular formula is C24H29N5O2. The van der Waals surface area contributed by atoms with Gasteiger partial charge in [0.15, 0.2) is 0 Å². The Labute approximate surface area is 182 Å². The molecule has 1 atom stereocenters. The molecule has 162 valence electrons. The fraction of sp³-hybridized carbons (Fsp3) is 0.417. The van der Waals surface area contributed by atoms with Gasteiger partial charge in [0.05, 0.1) is 17.6 Å². The van der Waals surface area contributed by atoms with Crippen molar-refractivity contribution < 1.29 is 9.32 Å². The zero-order valence-electron chi connectivity index (χ0n) is 18.6. The van der Waals surface area contributed by atoms with Gasteiger partial charge in [-0.3, -0.25) is 9.78 Å². The van der Waals surface area contributed by atoms with Crippen LogP contribution in [0.3, 0.4) is 0 Å². The third-order valence-corrected chi connectivity index (χ3v) is 5.72. The maximum atomic E-state index is 13.3. The zero-order chi connectivity index (χ0) is 22.0. The topological polar surface area (TPSA) is 84.2 Å². The van der Waals surface area contributed by atoms with Crippen LogP contribution in [0.5, 0.6) is 0 Å². The van der Waals surface area contributed by atoms with E-state index in [9.17, 15) is 4.79 Å². The van der Waals surface area contributed by atoms with Gasteiger partial charge < -0.3 is 14.7 Å². The number of piperidine rings is 1. The van der Waals surface area contributed by atoms with Crippen molar-refractivity contribution in [3.63, 3.8) is 0 Å². The normalized spacial score (nSPS) is 16.5. The summed E-state index contributed by atoms with van der Waals surface area (Å²) < 4.78 is 5.33. The third kappa shape index (κ3) is 4.60. The van der Waals surface area contributed by atoms with Crippen molar-refractivity contribution in [2.45, 2.75) is 52.4 Å². The van der Waals surface area contributed by atoms with E-state index in [-0.39, 0.29) is 17.7 Å². The number of pyridine rings is 2. The molecule has 1 saturated heterocycles. The molecule has 0 saturated carbocycles. The van der Waals surface area contributed by atoms with Gasteiger partial charge in [-0.25, -0.2) is 4.98 Å². The van der Waals surface area contributed by atoms with E-state index in [1.54, 1.807) is 0 Å². The number of carbonyl (C=O) groups is 1. The van der Waals surface area contributed by atoms with Crippen molar-refractivity contribution >= 4 is 17.4 Å². The molecule has 1 aliphatic heterocycles. The lowest BCUT2D eigenvalue weighted by atomic mass is 9.93. The Balaban J connectivity index is 1.46. The minimum absolute atomic E-state index is 0.0101. The van der Waals surface area contributed by atoms with Gasteiger partial charge in [0.25, 0.3) is 5.91 Å². The first-order valence-electron chi connectivity index (χ1n) is 10.8. The van der Waals surface area contributed by atoms with Crippen LogP contribution in [0.25, 0.3) is 0 Å². The molecule has 0 aliphatic carbocycles. The van der Waals surface area contributed by atoms with E-state index in [4.69, 9.17) is 4.52 Å². The second-order valence-corrected chi connectivity index (χ2v) is 8.50. The summed E-state index contributed by atoms with van der Waals surface area (Å²) in [4.78, 5) is 24.3. The SMILES string of the molecule is Cc1cccc(Nc2ccc([C@H]3CCCN(C(=O)c4c(C(C)C)noc4C)C3)nc2)n1. The number of amides is 1. The van der Waals surface area contributed by atoms with Crippen molar-refractivity contribution in [2.75, 3.05) is 18.4 Å². The van der Waals surface area contributed by atoms with Crippen LogP contribution in [0.4, 0.5) is 11.5 Å². The fourth-order valence-corrected chi connectivity index (χ4v) is 4.09. The van der Waals surface area contributed by atoms with Crippen LogP contribution in [0.2, 0.25) is 0 Å². The highest BCUT2D eigenvalue weighted by Crippen LogP contribution is 2.30. The summed E-state index contributed by atoms with van der Waals surface area (Å²) in [6, 6.07) is 9.94. The van der Waals surface area contributed by atoms with Crippen molar-refractivity contribution in [1.82, 2.24) is 20.0 Å². The molecule has 0 bridgehead atoms. The summed E-state index contributed by atoms with van der Waals surface area (Å²) in [6.07, 6.45) is 3.80. The molecule has 7 nitrogen and oxygen atoms in total. The van der Waals surface area contributed by atoms with Gasteiger partial charge >= 0.3 is 0 Å². The lowest BCUT2D eigenvalue weighted by Crippen LogP contribution is -2.39. The van der Waals surface area contributed by atoms with E-state index >= 15 is 0 Å². The van der Waals surface area contributed by atoms with Gasteiger partial charge in [-0.2, -0.15) is 0 Å². The minimum Gasteiger partial charge on any atom is -0.361 e. The lowest BCUT2D eigenvalue weighted by molar-refractivity contribution is 0.0702. The number of carbonyl (C=O) groups excluding carboxylic acids is 1. The molecule has 3 aromatic rings. The quantitative estimate of drug-likeness (QED) is 0.629. The largest absolute Gasteiger partial charge is 0.361 e. The molecule has 4 rings (SSSR count). The number of aromatic nitrogens is 3. The van der Waals surface area contributed by atoms with Crippen LogP contribution in [0, 0.1) is 13.8 Å². The van der Waals surface area contributed by atoms with Gasteiger partial charge in [0, 0.05) is 30.4 Å². The molecule has 31 heavy (non-hydrogen) atoms. The smallest absolute Gasteiger partial charge is 0.259 e. The standard InChI is InChI=1S/C24H29N5O2/c1-15(2)23-22(17(4)31-28-23)24(30)29-12-6-8-18(14-29)20-11-10-19(13-25-20)27-21-9-5-7-16(3)26-21/h5,7,9-11,13,15,18H,6,8,12,14H2,1-4H3,(H,26,27)/t18-/m0/s1. The number of hydrogen-bond acceptors (Lipinski definition) is 6. The highest BCUT2D eigenvalue weighted by atomic mass is 16.5. The molecular weight excluding hydrogens is 390 g/mol. The molecule has 0 spiro atoms. The molecule has 0 unspecified atom stereocenters. The Morgan fingerprint density at radius 1 is 1.23 bits per heavy atom. The summed E-state index contributed by atoms with van der Waals surface area (Å²) in [5, 5.41) is 7.40. The van der Waals surface area contributed by atoms with Crippen LogP contribution < -0.4 is 5.32 Å². The molecule has 1 N–H and O–H groups in total. The van der Waals surface area contributed by atoms with E-state index in [1.807, 2.05) is 69.1 Å². The Kier molecular flexibility index (Phi) is 6.02. The second kappa shape index (κ2) is 8.88. The summed E-state index contributed by atoms with van der Waals surface area (Å²) in [6.45, 7) is 9.23. The number of hydrogen-bond donors (Lipinski definition) is 1. The van der Waals surface area contributed by atoms with E-state index in [0.29, 0.717) is 17.9 Å². The van der Waals surface area contributed by atoms with Crippen LogP contribution in [0.15, 0.2) is 41.1 Å². The average molecular weight is 420 g/mol. The van der Waals surface area contributed by atoms with E-state index in [2.05, 4.69) is 20.4 Å². The highest BCUT2D eigenvalue weighted by Gasteiger charge is 2.31. The summed E-state index contributed by atoms with van der Waals surface area (Å²) in [7, 11) is 0. The van der Waals surface area contributed by atoms with Crippen molar-refractivity contribution in [2.24, 2.45) is 0 Å². The van der Waals surface area contributed by atoms with Crippen LogP contribution in [-0.2, 0) is 0 Å². The molecule has 4 heterocycles. The first-order chi connectivity index (χ1) is 14.9. The first-order valence-corrected chi connectivity index (χ1v) is 10.8. The molecule has 3 aromatic heterocycles. The summed E-state index contributed by atoms with van der Waals surface area (Å²) in [5.41, 5.74) is 4.22. The van der Waals surface area contributed by atoms with Crippen LogP contribution in [0.1, 0.15) is 71.7 Å².